The van der Waals surface area contributed by atoms with Crippen molar-refractivity contribution < 1.29 is 26.6 Å². The molecule has 0 saturated carbocycles. The monoisotopic (exact) mass is 547 g/mol. The Balaban J connectivity index is 1.93. The molecule has 0 radical (unpaired) electrons. The number of carbonyl (C=O) groups excluding carboxylic acids is 1. The minimum Gasteiger partial charge on any atom is -0.493 e. The van der Waals surface area contributed by atoms with Crippen molar-refractivity contribution in [2.24, 2.45) is 0 Å². The highest BCUT2D eigenvalue weighted by Crippen LogP contribution is 2.22. The summed E-state index contributed by atoms with van der Waals surface area (Å²) >= 11 is 0. The Morgan fingerprint density at radius 1 is 0.789 bits per heavy atom. The number of rotatable bonds is 19. The molecule has 1 amide bonds. The van der Waals surface area contributed by atoms with E-state index in [9.17, 15) is 13.2 Å². The molecule has 2 aromatic rings. The predicted octanol–water partition coefficient (Wildman–Crippen LogP) is 6.65. The lowest BCUT2D eigenvalue weighted by Crippen LogP contribution is -2.50. The summed E-state index contributed by atoms with van der Waals surface area (Å²) < 4.78 is 37.5. The quantitative estimate of drug-likeness (QED) is 0.121. The zero-order valence-electron chi connectivity index (χ0n) is 23.7. The van der Waals surface area contributed by atoms with Crippen molar-refractivity contribution in [3.63, 3.8) is 0 Å². The number of likely N-dealkylation sites (N-methyl/N-ethyl adjacent to an activating group) is 1. The summed E-state index contributed by atoms with van der Waals surface area (Å²) in [4.78, 5) is 13.0. The van der Waals surface area contributed by atoms with Crippen LogP contribution in [-0.2, 0) is 14.3 Å². The number of benzene rings is 2. The van der Waals surface area contributed by atoms with Gasteiger partial charge in [-0.2, -0.15) is 8.42 Å². The zero-order chi connectivity index (χ0) is 27.9. The van der Waals surface area contributed by atoms with Crippen LogP contribution in [0.1, 0.15) is 83.0 Å². The minimum atomic E-state index is -3.88. The molecule has 0 fully saturated rings. The molecule has 0 spiro atoms. The molecule has 2 rings (SSSR count). The number of ether oxygens (including phenoxy) is 1. The third kappa shape index (κ3) is 10.0. The van der Waals surface area contributed by atoms with Crippen molar-refractivity contribution in [1.82, 2.24) is 0 Å². The molecule has 0 atom stereocenters. The summed E-state index contributed by atoms with van der Waals surface area (Å²) in [5, 5.41) is 2.84. The van der Waals surface area contributed by atoms with Gasteiger partial charge in [-0.15, -0.1) is 0 Å². The minimum absolute atomic E-state index is 0.0692. The Morgan fingerprint density at radius 3 is 2.11 bits per heavy atom. The molecule has 0 heterocycles. The van der Waals surface area contributed by atoms with Gasteiger partial charge in [0.15, 0.2) is 0 Å². The van der Waals surface area contributed by atoms with E-state index in [1.165, 1.54) is 37.8 Å². The van der Waals surface area contributed by atoms with Crippen LogP contribution < -0.4 is 10.1 Å². The van der Waals surface area contributed by atoms with Crippen LogP contribution in [0.25, 0.3) is 0 Å². The van der Waals surface area contributed by atoms with Gasteiger partial charge < -0.3 is 14.5 Å². The Bertz CT molecular complexity index is 1070. The SMILES string of the molecule is CCCCCCCCOc1ccccc1C(=O)Nc1ccc(S(=O)(=O)OCC[N+](CC)(CC)CCC)cc1. The Labute approximate surface area is 230 Å². The maximum Gasteiger partial charge on any atom is 0.297 e. The van der Waals surface area contributed by atoms with E-state index in [2.05, 4.69) is 33.0 Å². The molecule has 38 heavy (non-hydrogen) atoms. The molecule has 1 N–H and O–H groups in total. The first-order chi connectivity index (χ1) is 18.3. The molecule has 0 aromatic heterocycles. The maximum atomic E-state index is 12.9. The fourth-order valence-electron chi connectivity index (χ4n) is 4.60. The predicted molar refractivity (Wildman–Crippen MR) is 154 cm³/mol. The van der Waals surface area contributed by atoms with Crippen molar-refractivity contribution >= 4 is 21.7 Å². The highest BCUT2D eigenvalue weighted by Gasteiger charge is 2.24. The fraction of sp³-hybridized carbons (Fsp3) is 0.567. The van der Waals surface area contributed by atoms with Crippen LogP contribution in [0.4, 0.5) is 5.69 Å². The van der Waals surface area contributed by atoms with Gasteiger partial charge in [0, 0.05) is 5.69 Å². The molecule has 212 valence electrons. The zero-order valence-corrected chi connectivity index (χ0v) is 24.5. The third-order valence-corrected chi connectivity index (χ3v) is 8.46. The Kier molecular flexibility index (Phi) is 13.8. The van der Waals surface area contributed by atoms with Crippen molar-refractivity contribution in [1.29, 1.82) is 0 Å². The third-order valence-electron chi connectivity index (χ3n) is 7.13. The standard InChI is InChI=1S/C30H46N2O5S/c1-5-9-10-11-12-15-24-36-29-17-14-13-16-28(29)30(33)31-26-18-20-27(21-19-26)38(34,35)37-25-23-32(7-3,8-4)22-6-2/h13-14,16-21H,5-12,15,22-25H2,1-4H3/p+1. The highest BCUT2D eigenvalue weighted by molar-refractivity contribution is 7.86. The second-order valence-corrected chi connectivity index (χ2v) is 11.4. The summed E-state index contributed by atoms with van der Waals surface area (Å²) in [6.45, 7) is 12.8. The average Bonchev–Trinajstić information content (AvgIpc) is 2.92. The number of nitrogens with one attached hydrogen (secondary N) is 1. The van der Waals surface area contributed by atoms with E-state index in [1.807, 2.05) is 6.07 Å². The van der Waals surface area contributed by atoms with Gasteiger partial charge in [-0.25, -0.2) is 0 Å². The van der Waals surface area contributed by atoms with Crippen LogP contribution in [0.5, 0.6) is 5.75 Å². The topological polar surface area (TPSA) is 81.7 Å². The lowest BCUT2D eigenvalue weighted by atomic mass is 10.1. The number of nitrogens with zero attached hydrogens (tertiary/aromatic N) is 1. The molecule has 2 aromatic carbocycles. The number of hydrogen-bond donors (Lipinski definition) is 1. The van der Waals surface area contributed by atoms with Crippen LogP contribution in [0, 0.1) is 0 Å². The Hall–Kier alpha value is -2.42. The van der Waals surface area contributed by atoms with Crippen molar-refractivity contribution in [3.8, 4) is 5.75 Å². The summed E-state index contributed by atoms with van der Waals surface area (Å²) in [5.74, 6) is 0.238. The van der Waals surface area contributed by atoms with E-state index in [1.54, 1.807) is 30.3 Å². The maximum absolute atomic E-state index is 12.9. The van der Waals surface area contributed by atoms with E-state index < -0.39 is 10.1 Å². The molecule has 7 nitrogen and oxygen atoms in total. The van der Waals surface area contributed by atoms with Crippen LogP contribution in [0.15, 0.2) is 53.4 Å². The lowest BCUT2D eigenvalue weighted by Gasteiger charge is -2.36. The normalized spacial score (nSPS) is 11.9. The molecule has 0 saturated heterocycles. The van der Waals surface area contributed by atoms with Crippen LogP contribution in [0.2, 0.25) is 0 Å². The number of quaternary nitrogens is 1. The number of unbranched alkanes of at least 4 members (excludes halogenated alkanes) is 5. The number of para-hydroxylation sites is 1. The molecule has 8 heteroatoms. The molecular weight excluding hydrogens is 500 g/mol. The van der Waals surface area contributed by atoms with E-state index in [-0.39, 0.29) is 17.4 Å². The highest BCUT2D eigenvalue weighted by atomic mass is 32.2. The molecule has 0 aliphatic heterocycles. The van der Waals surface area contributed by atoms with Gasteiger partial charge in [-0.1, -0.05) is 58.1 Å². The van der Waals surface area contributed by atoms with Crippen LogP contribution in [-0.4, -0.2) is 58.2 Å². The molecular formula is C30H47N2O5S+. The molecule has 0 aliphatic rings. The number of hydrogen-bond acceptors (Lipinski definition) is 5. The molecule has 0 bridgehead atoms. The van der Waals surface area contributed by atoms with Gasteiger partial charge in [0.2, 0.25) is 0 Å². The summed E-state index contributed by atoms with van der Waals surface area (Å²) in [6.07, 6.45) is 8.04. The Morgan fingerprint density at radius 2 is 1.45 bits per heavy atom. The number of carbonyl (C=O) groups is 1. The summed E-state index contributed by atoms with van der Waals surface area (Å²) in [7, 11) is -3.88. The summed E-state index contributed by atoms with van der Waals surface area (Å²) in [5.41, 5.74) is 0.939. The van der Waals surface area contributed by atoms with Gasteiger partial charge in [0.25, 0.3) is 16.0 Å². The van der Waals surface area contributed by atoms with E-state index >= 15 is 0 Å². The summed E-state index contributed by atoms with van der Waals surface area (Å²) in [6, 6.07) is 13.2. The largest absolute Gasteiger partial charge is 0.493 e. The van der Waals surface area contributed by atoms with Crippen molar-refractivity contribution in [2.45, 2.75) is 77.5 Å². The number of anilines is 1. The number of amides is 1. The van der Waals surface area contributed by atoms with Crippen LogP contribution in [0.3, 0.4) is 0 Å². The van der Waals surface area contributed by atoms with Crippen LogP contribution >= 0.6 is 0 Å². The van der Waals surface area contributed by atoms with Gasteiger partial charge in [-0.05, 0) is 63.1 Å². The second-order valence-electron chi connectivity index (χ2n) is 9.79. The van der Waals surface area contributed by atoms with Gasteiger partial charge >= 0.3 is 0 Å². The van der Waals surface area contributed by atoms with Gasteiger partial charge in [-0.3, -0.25) is 8.98 Å². The van der Waals surface area contributed by atoms with Gasteiger partial charge in [0.1, 0.15) is 18.9 Å². The fourth-order valence-corrected chi connectivity index (χ4v) is 5.50. The molecule has 0 unspecified atom stereocenters. The van der Waals surface area contributed by atoms with Crippen molar-refractivity contribution in [2.75, 3.05) is 44.7 Å². The average molecular weight is 548 g/mol. The van der Waals surface area contributed by atoms with E-state index in [4.69, 9.17) is 8.92 Å². The van der Waals surface area contributed by atoms with E-state index in [0.29, 0.717) is 30.2 Å². The first kappa shape index (κ1) is 31.8. The molecule has 0 aliphatic carbocycles. The van der Waals surface area contributed by atoms with Gasteiger partial charge in [0.05, 0.1) is 36.7 Å². The van der Waals surface area contributed by atoms with Crippen molar-refractivity contribution in [3.05, 3.63) is 54.1 Å². The lowest BCUT2D eigenvalue weighted by molar-refractivity contribution is -0.925. The smallest absolute Gasteiger partial charge is 0.297 e. The first-order valence-electron chi connectivity index (χ1n) is 14.2. The first-order valence-corrected chi connectivity index (χ1v) is 15.6. The van der Waals surface area contributed by atoms with E-state index in [0.717, 1.165) is 43.4 Å². The second kappa shape index (κ2) is 16.5.